The molecule has 2 rings (SSSR count). The highest BCUT2D eigenvalue weighted by Crippen LogP contribution is 2.23. The molecule has 0 aromatic heterocycles. The molecule has 0 bridgehead atoms. The highest BCUT2D eigenvalue weighted by Gasteiger charge is 2.27. The zero-order valence-electron chi connectivity index (χ0n) is 15.4. The number of nitrogens with one attached hydrogen (secondary N) is 1. The standard InChI is InChI=1S/C19H27FN2O3/c1-13-5-6-16(15(20)11-13)21-17(23)12-14-7-9-22(10-8-14)18(24)25-19(2,3)4/h5-6,11,14H,7-10,12H2,1-4H3,(H,21,23). The van der Waals surface area contributed by atoms with Crippen LogP contribution in [0.25, 0.3) is 0 Å². The van der Waals surface area contributed by atoms with Crippen molar-refractivity contribution < 1.29 is 18.7 Å². The van der Waals surface area contributed by atoms with E-state index in [2.05, 4.69) is 5.32 Å². The molecule has 1 saturated heterocycles. The Morgan fingerprint density at radius 1 is 1.28 bits per heavy atom. The van der Waals surface area contributed by atoms with E-state index in [0.29, 0.717) is 19.5 Å². The summed E-state index contributed by atoms with van der Waals surface area (Å²) in [4.78, 5) is 25.8. The predicted octanol–water partition coefficient (Wildman–Crippen LogP) is 4.11. The minimum Gasteiger partial charge on any atom is -0.444 e. The number of amides is 2. The molecular formula is C19H27FN2O3. The van der Waals surface area contributed by atoms with Gasteiger partial charge in [-0.15, -0.1) is 0 Å². The molecule has 1 heterocycles. The van der Waals surface area contributed by atoms with Gasteiger partial charge in [0, 0.05) is 19.5 Å². The minimum absolute atomic E-state index is 0.187. The Labute approximate surface area is 148 Å². The van der Waals surface area contributed by atoms with Crippen molar-refractivity contribution in [3.8, 4) is 0 Å². The quantitative estimate of drug-likeness (QED) is 0.892. The molecule has 138 valence electrons. The number of benzene rings is 1. The van der Waals surface area contributed by atoms with Crippen LogP contribution in [-0.4, -0.2) is 35.6 Å². The normalized spacial score (nSPS) is 15.8. The Morgan fingerprint density at radius 2 is 1.92 bits per heavy atom. The third-order valence-corrected chi connectivity index (χ3v) is 4.14. The van der Waals surface area contributed by atoms with Gasteiger partial charge in [0.2, 0.25) is 5.91 Å². The number of hydrogen-bond donors (Lipinski definition) is 1. The van der Waals surface area contributed by atoms with E-state index in [9.17, 15) is 14.0 Å². The Hall–Kier alpha value is -2.11. The SMILES string of the molecule is Cc1ccc(NC(=O)CC2CCN(C(=O)OC(C)(C)C)CC2)c(F)c1. The van der Waals surface area contributed by atoms with Gasteiger partial charge >= 0.3 is 6.09 Å². The number of anilines is 1. The van der Waals surface area contributed by atoms with Crippen molar-refractivity contribution in [2.24, 2.45) is 5.92 Å². The maximum atomic E-state index is 13.8. The van der Waals surface area contributed by atoms with Gasteiger partial charge in [-0.3, -0.25) is 4.79 Å². The molecule has 1 aliphatic heterocycles. The summed E-state index contributed by atoms with van der Waals surface area (Å²) in [6.45, 7) is 8.47. The van der Waals surface area contributed by atoms with E-state index in [0.717, 1.165) is 18.4 Å². The minimum atomic E-state index is -0.508. The van der Waals surface area contributed by atoms with Crippen LogP contribution in [0.2, 0.25) is 0 Å². The number of aryl methyl sites for hydroxylation is 1. The van der Waals surface area contributed by atoms with E-state index >= 15 is 0 Å². The van der Waals surface area contributed by atoms with Crippen molar-refractivity contribution in [3.63, 3.8) is 0 Å². The zero-order valence-corrected chi connectivity index (χ0v) is 15.4. The predicted molar refractivity (Wildman–Crippen MR) is 94.9 cm³/mol. The van der Waals surface area contributed by atoms with E-state index in [4.69, 9.17) is 4.74 Å². The molecule has 6 heteroatoms. The Morgan fingerprint density at radius 3 is 2.48 bits per heavy atom. The molecule has 0 radical (unpaired) electrons. The number of nitrogens with zero attached hydrogens (tertiary/aromatic N) is 1. The molecular weight excluding hydrogens is 323 g/mol. The van der Waals surface area contributed by atoms with Gasteiger partial charge in [0.05, 0.1) is 5.69 Å². The molecule has 0 atom stereocenters. The van der Waals surface area contributed by atoms with Crippen molar-refractivity contribution >= 4 is 17.7 Å². The fourth-order valence-corrected chi connectivity index (χ4v) is 2.83. The molecule has 0 aliphatic carbocycles. The van der Waals surface area contributed by atoms with Crippen molar-refractivity contribution in [3.05, 3.63) is 29.6 Å². The Balaban J connectivity index is 1.79. The van der Waals surface area contributed by atoms with Crippen molar-refractivity contribution in [1.29, 1.82) is 0 Å². The second-order valence-electron chi connectivity index (χ2n) is 7.65. The zero-order chi connectivity index (χ0) is 18.6. The van der Waals surface area contributed by atoms with Gasteiger partial charge in [-0.2, -0.15) is 0 Å². The van der Waals surface area contributed by atoms with Gasteiger partial charge in [0.15, 0.2) is 0 Å². The van der Waals surface area contributed by atoms with Crippen molar-refractivity contribution in [2.75, 3.05) is 18.4 Å². The number of carbonyl (C=O) groups is 2. The maximum absolute atomic E-state index is 13.8. The summed E-state index contributed by atoms with van der Waals surface area (Å²) < 4.78 is 19.2. The van der Waals surface area contributed by atoms with Crippen LogP contribution >= 0.6 is 0 Å². The summed E-state index contributed by atoms with van der Waals surface area (Å²) in [5, 5.41) is 2.63. The smallest absolute Gasteiger partial charge is 0.410 e. The van der Waals surface area contributed by atoms with E-state index < -0.39 is 11.4 Å². The Kier molecular flexibility index (Phi) is 6.03. The average molecular weight is 350 g/mol. The molecule has 0 unspecified atom stereocenters. The van der Waals surface area contributed by atoms with E-state index in [1.165, 1.54) is 6.07 Å². The maximum Gasteiger partial charge on any atom is 0.410 e. The van der Waals surface area contributed by atoms with E-state index in [1.807, 2.05) is 20.8 Å². The highest BCUT2D eigenvalue weighted by atomic mass is 19.1. The number of rotatable bonds is 3. The highest BCUT2D eigenvalue weighted by molar-refractivity contribution is 5.91. The lowest BCUT2D eigenvalue weighted by atomic mass is 9.93. The van der Waals surface area contributed by atoms with Gasteiger partial charge in [-0.25, -0.2) is 9.18 Å². The number of ether oxygens (including phenoxy) is 1. The molecule has 1 N–H and O–H groups in total. The Bertz CT molecular complexity index is 632. The van der Waals surface area contributed by atoms with E-state index in [1.54, 1.807) is 24.0 Å². The van der Waals surface area contributed by atoms with Gasteiger partial charge in [-0.1, -0.05) is 6.07 Å². The lowest BCUT2D eigenvalue weighted by molar-refractivity contribution is -0.117. The fourth-order valence-electron chi connectivity index (χ4n) is 2.83. The summed E-state index contributed by atoms with van der Waals surface area (Å²) in [7, 11) is 0. The molecule has 0 saturated carbocycles. The summed E-state index contributed by atoms with van der Waals surface area (Å²) in [5.74, 6) is -0.432. The van der Waals surface area contributed by atoms with Crippen LogP contribution < -0.4 is 5.32 Å². The van der Waals surface area contributed by atoms with Crippen LogP contribution in [0.3, 0.4) is 0 Å². The molecule has 1 aliphatic rings. The van der Waals surface area contributed by atoms with Crippen LogP contribution in [0.1, 0.15) is 45.6 Å². The first-order valence-electron chi connectivity index (χ1n) is 8.68. The van der Waals surface area contributed by atoms with Crippen molar-refractivity contribution in [1.82, 2.24) is 4.90 Å². The average Bonchev–Trinajstić information content (AvgIpc) is 2.49. The second kappa shape index (κ2) is 7.85. The summed E-state index contributed by atoms with van der Waals surface area (Å²) in [6.07, 6.45) is 1.50. The monoisotopic (exact) mass is 350 g/mol. The van der Waals surface area contributed by atoms with Crippen molar-refractivity contribution in [2.45, 2.75) is 52.6 Å². The van der Waals surface area contributed by atoms with Crippen LogP contribution in [0.5, 0.6) is 0 Å². The first-order valence-corrected chi connectivity index (χ1v) is 8.68. The number of halogens is 1. The van der Waals surface area contributed by atoms with Crippen LogP contribution in [0.15, 0.2) is 18.2 Å². The summed E-state index contributed by atoms with van der Waals surface area (Å²) in [6, 6.07) is 4.74. The third kappa shape index (κ3) is 6.03. The van der Waals surface area contributed by atoms with Crippen LogP contribution in [0.4, 0.5) is 14.9 Å². The molecule has 25 heavy (non-hydrogen) atoms. The topological polar surface area (TPSA) is 58.6 Å². The van der Waals surface area contributed by atoms with Gasteiger partial charge in [0.1, 0.15) is 11.4 Å². The molecule has 0 spiro atoms. The van der Waals surface area contributed by atoms with E-state index in [-0.39, 0.29) is 23.6 Å². The summed E-state index contributed by atoms with van der Waals surface area (Å²) >= 11 is 0. The van der Waals surface area contributed by atoms with Gasteiger partial charge in [-0.05, 0) is 64.2 Å². The largest absolute Gasteiger partial charge is 0.444 e. The number of hydrogen-bond acceptors (Lipinski definition) is 3. The van der Waals surface area contributed by atoms with Gasteiger partial charge < -0.3 is 15.0 Å². The first kappa shape index (κ1) is 19.2. The molecule has 1 fully saturated rings. The second-order valence-corrected chi connectivity index (χ2v) is 7.65. The van der Waals surface area contributed by atoms with Crippen LogP contribution in [0, 0.1) is 18.7 Å². The molecule has 1 aromatic carbocycles. The fraction of sp³-hybridized carbons (Fsp3) is 0.579. The number of likely N-dealkylation sites (tertiary alicyclic amines) is 1. The summed E-state index contributed by atoms with van der Waals surface area (Å²) in [5.41, 5.74) is 0.512. The number of piperidine rings is 1. The molecule has 2 amide bonds. The molecule has 5 nitrogen and oxygen atoms in total. The molecule has 1 aromatic rings. The van der Waals surface area contributed by atoms with Gasteiger partial charge in [0.25, 0.3) is 0 Å². The first-order chi connectivity index (χ1) is 11.6. The number of carbonyl (C=O) groups excluding carboxylic acids is 2. The lowest BCUT2D eigenvalue weighted by Gasteiger charge is -2.33. The van der Waals surface area contributed by atoms with Crippen LogP contribution in [-0.2, 0) is 9.53 Å². The lowest BCUT2D eigenvalue weighted by Crippen LogP contribution is -2.42. The third-order valence-electron chi connectivity index (χ3n) is 4.14.